The van der Waals surface area contributed by atoms with Crippen LogP contribution in [0.5, 0.6) is 69.0 Å². The third-order valence-corrected chi connectivity index (χ3v) is 11.6. The van der Waals surface area contributed by atoms with Crippen LogP contribution in [0.2, 0.25) is 0 Å². The lowest BCUT2D eigenvalue weighted by molar-refractivity contribution is -0.126. The normalized spacial score (nSPS) is 14.2. The highest BCUT2D eigenvalue weighted by Crippen LogP contribution is 2.50. The van der Waals surface area contributed by atoms with Crippen LogP contribution in [0.15, 0.2) is 91.0 Å². The molecule has 6 aromatic rings. The van der Waals surface area contributed by atoms with E-state index in [2.05, 4.69) is 6.08 Å². The summed E-state index contributed by atoms with van der Waals surface area (Å²) in [6.45, 7) is 8.03. The second-order valence-electron chi connectivity index (χ2n) is 16.2. The topological polar surface area (TPSA) is 128 Å². The molecule has 0 radical (unpaired) electrons. The molecule has 0 fully saturated rings. The number of benzene rings is 6. The molecule has 0 aromatic heterocycles. The second kappa shape index (κ2) is 22.9. The third-order valence-electron chi connectivity index (χ3n) is 11.6. The van der Waals surface area contributed by atoms with Crippen molar-refractivity contribution >= 4 is 17.4 Å². The maximum atomic E-state index is 12.6. The number of carbonyl (C=O) groups is 1. The molecule has 13 nitrogen and oxygen atoms in total. The largest absolute Gasteiger partial charge is 0.497 e. The molecule has 0 amide bonds. The third kappa shape index (κ3) is 11.4. The van der Waals surface area contributed by atoms with E-state index in [0.717, 1.165) is 84.4 Å². The van der Waals surface area contributed by atoms with Gasteiger partial charge in [0.1, 0.15) is 52.1 Å². The van der Waals surface area contributed by atoms with Crippen molar-refractivity contribution < 1.29 is 61.6 Å². The molecule has 0 bridgehead atoms. The molecule has 2 aliphatic rings. The predicted octanol–water partition coefficient (Wildman–Crippen LogP) is 11.3. The molecule has 0 unspecified atom stereocenters. The summed E-state index contributed by atoms with van der Waals surface area (Å²) >= 11 is 0. The number of rotatable bonds is 13. The fourth-order valence-electron chi connectivity index (χ4n) is 8.29. The van der Waals surface area contributed by atoms with E-state index in [1.807, 2.05) is 107 Å². The van der Waals surface area contributed by atoms with E-state index in [0.29, 0.717) is 40.2 Å². The van der Waals surface area contributed by atoms with Gasteiger partial charge >= 0.3 is 0 Å². The Balaban J connectivity index is 0.000000193. The summed E-state index contributed by atoms with van der Waals surface area (Å²) in [5, 5.41) is 0. The minimum Gasteiger partial charge on any atom is -0.497 e. The Hall–Kier alpha value is -7.67. The number of Topliss-reactive ketones (excluding diaryl/α,β-unsaturated/α-hetero) is 1. The van der Waals surface area contributed by atoms with Crippen LogP contribution in [-0.4, -0.2) is 76.9 Å². The summed E-state index contributed by atoms with van der Waals surface area (Å²) in [5.74, 6) is 8.43. The zero-order valence-electron chi connectivity index (χ0n) is 41.9. The van der Waals surface area contributed by atoms with Crippen molar-refractivity contribution in [3.8, 4) is 69.0 Å². The summed E-state index contributed by atoms with van der Waals surface area (Å²) < 4.78 is 66.7. The van der Waals surface area contributed by atoms with E-state index in [9.17, 15) is 4.79 Å². The molecule has 2 heterocycles. The number of hydrogen-bond acceptors (Lipinski definition) is 13. The Bertz CT molecular complexity index is 2790. The molecule has 0 spiro atoms. The first kappa shape index (κ1) is 50.7. The zero-order chi connectivity index (χ0) is 49.9. The molecule has 0 saturated heterocycles. The quantitative estimate of drug-likeness (QED) is 0.109. The van der Waals surface area contributed by atoms with Crippen LogP contribution in [0.25, 0.3) is 11.6 Å². The van der Waals surface area contributed by atoms with Crippen LogP contribution in [0.1, 0.15) is 62.3 Å². The molecule has 0 N–H and O–H groups in total. The smallest absolute Gasteiger partial charge is 0.182 e. The molecule has 8 rings (SSSR count). The molecular weight excluding hydrogens is 881 g/mol. The van der Waals surface area contributed by atoms with Crippen LogP contribution >= 0.6 is 0 Å². The SMILES string of the molecule is COc1cc(C)c(C2=Cc3c(OC)cc(C)cc3O[C@@H]2c2ccc(OC)c(OC)c2)c(OC)c1.COc1cc(C)cc(OC)c1.COc1ccc([C@H]2Oc3cc(C)cc(OC)c3CC2=O)cc1OC. The van der Waals surface area contributed by atoms with Crippen molar-refractivity contribution in [2.75, 3.05) is 71.1 Å². The molecule has 6 aromatic carbocycles. The van der Waals surface area contributed by atoms with E-state index in [4.69, 9.17) is 56.8 Å². The van der Waals surface area contributed by atoms with E-state index in [1.165, 1.54) is 0 Å². The van der Waals surface area contributed by atoms with Gasteiger partial charge in [-0.1, -0.05) is 12.1 Å². The molecular formula is C56H62O13. The summed E-state index contributed by atoms with van der Waals surface area (Å²) in [4.78, 5) is 12.6. The van der Waals surface area contributed by atoms with E-state index in [1.54, 1.807) is 83.2 Å². The number of hydrogen-bond donors (Lipinski definition) is 0. The van der Waals surface area contributed by atoms with E-state index < -0.39 is 12.2 Å². The van der Waals surface area contributed by atoms with Crippen LogP contribution in [0, 0.1) is 27.7 Å². The van der Waals surface area contributed by atoms with Crippen LogP contribution < -0.4 is 56.8 Å². The summed E-state index contributed by atoms with van der Waals surface area (Å²) in [6, 6.07) is 28.7. The molecule has 0 aliphatic carbocycles. The standard InChI is InChI=1S/C28H30O6.C19H20O5.C9H12O2/c1-16-10-23(31-5)20-15-21(27-17(2)12-19(29-3)14-26(27)33-7)28(34-24(20)11-16)18-8-9-22(30-4)25(13-18)32-6;1-11-7-16(22-3)13-10-14(20)19(24-17(13)8-11)12-5-6-15(21-2)18(9-12)23-4;1-7-4-8(10-2)6-9(5-7)11-3/h8-15,28H,1-7H3;5-9,19H,10H2,1-4H3;4-6H,1-3H3/t28-;19-;/m11./s1. The van der Waals surface area contributed by atoms with E-state index >= 15 is 0 Å². The van der Waals surface area contributed by atoms with E-state index in [-0.39, 0.29) is 12.2 Å². The van der Waals surface area contributed by atoms with Crippen molar-refractivity contribution in [3.63, 3.8) is 0 Å². The van der Waals surface area contributed by atoms with Crippen molar-refractivity contribution in [2.45, 2.75) is 46.3 Å². The molecule has 2 aliphatic heterocycles. The van der Waals surface area contributed by atoms with Gasteiger partial charge in [0.05, 0.1) is 76.7 Å². The number of ether oxygens (including phenoxy) is 12. The lowest BCUT2D eigenvalue weighted by atomic mass is 9.87. The molecule has 0 saturated carbocycles. The Morgan fingerprint density at radius 2 is 0.884 bits per heavy atom. The number of carbonyl (C=O) groups excluding carboxylic acids is 1. The molecule has 13 heteroatoms. The predicted molar refractivity (Wildman–Crippen MR) is 266 cm³/mol. The molecule has 69 heavy (non-hydrogen) atoms. The van der Waals surface area contributed by atoms with Crippen molar-refractivity contribution in [1.82, 2.24) is 0 Å². The Morgan fingerprint density at radius 1 is 0.420 bits per heavy atom. The highest BCUT2D eigenvalue weighted by atomic mass is 16.5. The number of fused-ring (bicyclic) bond motifs is 2. The Morgan fingerprint density at radius 3 is 1.41 bits per heavy atom. The van der Waals surface area contributed by atoms with Crippen LogP contribution in [-0.2, 0) is 11.2 Å². The summed E-state index contributed by atoms with van der Waals surface area (Å²) in [6.07, 6.45) is 1.32. The van der Waals surface area contributed by atoms with Gasteiger partial charge in [-0.25, -0.2) is 0 Å². The maximum Gasteiger partial charge on any atom is 0.182 e. The van der Waals surface area contributed by atoms with Gasteiger partial charge in [0.15, 0.2) is 34.9 Å². The minimum absolute atomic E-state index is 0.0168. The second-order valence-corrected chi connectivity index (χ2v) is 16.2. The first-order valence-electron chi connectivity index (χ1n) is 22.1. The average molecular weight is 943 g/mol. The number of methoxy groups -OCH3 is 10. The lowest BCUT2D eigenvalue weighted by Gasteiger charge is -2.31. The fraction of sp³-hybridized carbons (Fsp3) is 0.304. The van der Waals surface area contributed by atoms with Gasteiger partial charge in [0.25, 0.3) is 0 Å². The highest BCUT2D eigenvalue weighted by molar-refractivity contribution is 5.93. The zero-order valence-corrected chi connectivity index (χ0v) is 41.9. The van der Waals surface area contributed by atoms with Gasteiger partial charge in [-0.05, 0) is 123 Å². The van der Waals surface area contributed by atoms with Gasteiger partial charge in [0, 0.05) is 46.4 Å². The van der Waals surface area contributed by atoms with Crippen molar-refractivity contribution in [1.29, 1.82) is 0 Å². The van der Waals surface area contributed by atoms with Gasteiger partial charge in [0.2, 0.25) is 0 Å². The van der Waals surface area contributed by atoms with Gasteiger partial charge in [-0.3, -0.25) is 4.79 Å². The molecule has 2 atom stereocenters. The number of aryl methyl sites for hydroxylation is 4. The Labute approximate surface area is 405 Å². The van der Waals surface area contributed by atoms with Gasteiger partial charge in [-0.15, -0.1) is 0 Å². The summed E-state index contributed by atoms with van der Waals surface area (Å²) in [5.41, 5.74) is 9.45. The first-order valence-corrected chi connectivity index (χ1v) is 22.1. The van der Waals surface area contributed by atoms with Crippen molar-refractivity contribution in [3.05, 3.63) is 141 Å². The number of ketones is 1. The lowest BCUT2D eigenvalue weighted by Crippen LogP contribution is -2.26. The van der Waals surface area contributed by atoms with Crippen LogP contribution in [0.4, 0.5) is 0 Å². The van der Waals surface area contributed by atoms with Gasteiger partial charge < -0.3 is 56.8 Å². The Kier molecular flexibility index (Phi) is 16.8. The maximum absolute atomic E-state index is 12.6. The fourth-order valence-corrected chi connectivity index (χ4v) is 8.29. The van der Waals surface area contributed by atoms with Crippen LogP contribution in [0.3, 0.4) is 0 Å². The molecule has 364 valence electrons. The average Bonchev–Trinajstić information content (AvgIpc) is 3.37. The minimum atomic E-state index is -0.663. The van der Waals surface area contributed by atoms with Crippen molar-refractivity contribution in [2.24, 2.45) is 0 Å². The summed E-state index contributed by atoms with van der Waals surface area (Å²) in [7, 11) is 16.2. The monoisotopic (exact) mass is 942 g/mol. The first-order chi connectivity index (χ1) is 33.3. The highest BCUT2D eigenvalue weighted by Gasteiger charge is 2.33. The van der Waals surface area contributed by atoms with Gasteiger partial charge in [-0.2, -0.15) is 0 Å².